The summed E-state index contributed by atoms with van der Waals surface area (Å²) in [6.45, 7) is 6.22. The molecule has 1 amide bonds. The Balaban J connectivity index is 1.80. The average molecular weight is 332 g/mol. The van der Waals surface area contributed by atoms with Crippen LogP contribution in [-0.4, -0.2) is 17.6 Å². The molecule has 5 heteroatoms. The number of hydrogen-bond acceptors (Lipinski definition) is 3. The lowest BCUT2D eigenvalue weighted by molar-refractivity contribution is -0.124. The number of ether oxygens (including phenoxy) is 1. The Bertz CT molecular complexity index is 563. The van der Waals surface area contributed by atoms with Crippen molar-refractivity contribution in [3.8, 4) is 5.75 Å². The third kappa shape index (κ3) is 6.02. The van der Waals surface area contributed by atoms with Gasteiger partial charge >= 0.3 is 0 Å². The van der Waals surface area contributed by atoms with Gasteiger partial charge in [0.1, 0.15) is 12.4 Å². The second-order valence-corrected chi connectivity index (χ2v) is 6.46. The second kappa shape index (κ2) is 8.67. The molecule has 1 aliphatic rings. The standard InChI is InChI=1S/C18H24N2O2S/c1-13(2)12-22-16-10-8-15(9-11-16)19-18(23)20-17(21)14-6-4-3-5-7-14/h8-11,14H,1,3-7,12H2,2H3,(H2,19,20,21,23). The molecule has 0 spiro atoms. The maximum atomic E-state index is 12.1. The Morgan fingerprint density at radius 3 is 2.52 bits per heavy atom. The first-order chi connectivity index (χ1) is 11.0. The summed E-state index contributed by atoms with van der Waals surface area (Å²) in [7, 11) is 0. The molecule has 2 rings (SSSR count). The summed E-state index contributed by atoms with van der Waals surface area (Å²) in [6, 6.07) is 7.45. The monoisotopic (exact) mass is 332 g/mol. The normalized spacial score (nSPS) is 14.8. The number of carbonyl (C=O) groups excluding carboxylic acids is 1. The van der Waals surface area contributed by atoms with Crippen molar-refractivity contribution >= 4 is 28.9 Å². The maximum Gasteiger partial charge on any atom is 0.229 e. The quantitative estimate of drug-likeness (QED) is 0.631. The summed E-state index contributed by atoms with van der Waals surface area (Å²) in [6.07, 6.45) is 5.41. The number of anilines is 1. The molecule has 0 aromatic heterocycles. The molecule has 0 atom stereocenters. The summed E-state index contributed by atoms with van der Waals surface area (Å²) in [5.74, 6) is 0.903. The fraction of sp³-hybridized carbons (Fsp3) is 0.444. The summed E-state index contributed by atoms with van der Waals surface area (Å²) in [5.41, 5.74) is 1.79. The van der Waals surface area contributed by atoms with Gasteiger partial charge < -0.3 is 15.4 Å². The molecule has 124 valence electrons. The predicted molar refractivity (Wildman–Crippen MR) is 97.7 cm³/mol. The molecular weight excluding hydrogens is 308 g/mol. The minimum absolute atomic E-state index is 0.0311. The van der Waals surface area contributed by atoms with Crippen molar-refractivity contribution in [2.75, 3.05) is 11.9 Å². The molecule has 0 saturated heterocycles. The topological polar surface area (TPSA) is 50.4 Å². The van der Waals surface area contributed by atoms with Gasteiger partial charge in [0.05, 0.1) is 0 Å². The van der Waals surface area contributed by atoms with E-state index in [2.05, 4.69) is 17.2 Å². The first-order valence-corrected chi connectivity index (χ1v) is 8.44. The van der Waals surface area contributed by atoms with Gasteiger partial charge in [-0.1, -0.05) is 25.8 Å². The molecule has 23 heavy (non-hydrogen) atoms. The van der Waals surface area contributed by atoms with E-state index >= 15 is 0 Å². The lowest BCUT2D eigenvalue weighted by atomic mass is 9.89. The smallest absolute Gasteiger partial charge is 0.229 e. The van der Waals surface area contributed by atoms with Crippen LogP contribution in [0.15, 0.2) is 36.4 Å². The molecule has 0 unspecified atom stereocenters. The van der Waals surface area contributed by atoms with Crippen LogP contribution < -0.4 is 15.4 Å². The highest BCUT2D eigenvalue weighted by Gasteiger charge is 2.21. The predicted octanol–water partition coefficient (Wildman–Crippen LogP) is 4.03. The van der Waals surface area contributed by atoms with Gasteiger partial charge in [-0.15, -0.1) is 0 Å². The Hall–Kier alpha value is -1.88. The lowest BCUT2D eigenvalue weighted by Gasteiger charge is -2.21. The molecule has 0 bridgehead atoms. The van der Waals surface area contributed by atoms with Crippen molar-refractivity contribution in [1.29, 1.82) is 0 Å². The van der Waals surface area contributed by atoms with Crippen molar-refractivity contribution in [3.63, 3.8) is 0 Å². The highest BCUT2D eigenvalue weighted by Crippen LogP contribution is 2.23. The van der Waals surface area contributed by atoms with Crippen LogP contribution in [0.5, 0.6) is 5.75 Å². The number of carbonyl (C=O) groups is 1. The van der Waals surface area contributed by atoms with E-state index < -0.39 is 0 Å². The zero-order chi connectivity index (χ0) is 16.7. The zero-order valence-corrected chi connectivity index (χ0v) is 14.4. The highest BCUT2D eigenvalue weighted by atomic mass is 32.1. The van der Waals surface area contributed by atoms with Crippen molar-refractivity contribution in [1.82, 2.24) is 5.32 Å². The van der Waals surface area contributed by atoms with Crippen LogP contribution >= 0.6 is 12.2 Å². The third-order valence-corrected chi connectivity index (χ3v) is 4.01. The Labute approximate surface area is 143 Å². The van der Waals surface area contributed by atoms with Gasteiger partial charge in [0.15, 0.2) is 5.11 Å². The minimum Gasteiger partial charge on any atom is -0.489 e. The summed E-state index contributed by atoms with van der Waals surface area (Å²) >= 11 is 5.21. The molecule has 4 nitrogen and oxygen atoms in total. The Morgan fingerprint density at radius 2 is 1.91 bits per heavy atom. The van der Waals surface area contributed by atoms with Crippen LogP contribution in [0.1, 0.15) is 39.0 Å². The molecule has 0 radical (unpaired) electrons. The molecule has 1 aromatic carbocycles. The van der Waals surface area contributed by atoms with Gasteiger partial charge in [0.2, 0.25) is 5.91 Å². The van der Waals surface area contributed by atoms with Crippen LogP contribution in [0.25, 0.3) is 0 Å². The number of amides is 1. The zero-order valence-electron chi connectivity index (χ0n) is 13.6. The van der Waals surface area contributed by atoms with Gasteiger partial charge in [0, 0.05) is 11.6 Å². The van der Waals surface area contributed by atoms with Crippen molar-refractivity contribution in [3.05, 3.63) is 36.4 Å². The minimum atomic E-state index is 0.0311. The molecule has 2 N–H and O–H groups in total. The number of nitrogens with one attached hydrogen (secondary N) is 2. The fourth-order valence-corrected chi connectivity index (χ4v) is 2.80. The molecule has 1 fully saturated rings. The van der Waals surface area contributed by atoms with Gasteiger partial charge in [-0.3, -0.25) is 4.79 Å². The van der Waals surface area contributed by atoms with E-state index in [1.807, 2.05) is 31.2 Å². The van der Waals surface area contributed by atoms with Gasteiger partial charge in [-0.05, 0) is 61.8 Å². The molecule has 0 aliphatic heterocycles. The SMILES string of the molecule is C=C(C)COc1ccc(NC(=S)NC(=O)C2CCCCC2)cc1. The number of hydrogen-bond donors (Lipinski definition) is 2. The number of benzene rings is 1. The van der Waals surface area contributed by atoms with Crippen molar-refractivity contribution < 1.29 is 9.53 Å². The van der Waals surface area contributed by atoms with Gasteiger partial charge in [0.25, 0.3) is 0 Å². The summed E-state index contributed by atoms with van der Waals surface area (Å²) < 4.78 is 5.54. The number of thiocarbonyl (C=S) groups is 1. The highest BCUT2D eigenvalue weighted by molar-refractivity contribution is 7.80. The van der Waals surface area contributed by atoms with E-state index in [0.717, 1.165) is 42.7 Å². The van der Waals surface area contributed by atoms with Crippen molar-refractivity contribution in [2.24, 2.45) is 5.92 Å². The first-order valence-electron chi connectivity index (χ1n) is 8.03. The van der Waals surface area contributed by atoms with Crippen LogP contribution in [0, 0.1) is 5.92 Å². The van der Waals surface area contributed by atoms with E-state index in [9.17, 15) is 4.79 Å². The summed E-state index contributed by atoms with van der Waals surface area (Å²) in [5, 5.41) is 6.17. The van der Waals surface area contributed by atoms with Crippen molar-refractivity contribution in [2.45, 2.75) is 39.0 Å². The molecule has 1 aliphatic carbocycles. The van der Waals surface area contributed by atoms with E-state index in [0.29, 0.717) is 11.7 Å². The first kappa shape index (κ1) is 17.5. The fourth-order valence-electron chi connectivity index (χ4n) is 2.58. The van der Waals surface area contributed by atoms with E-state index in [4.69, 9.17) is 17.0 Å². The van der Waals surface area contributed by atoms with Gasteiger partial charge in [-0.25, -0.2) is 0 Å². The van der Waals surface area contributed by atoms with Gasteiger partial charge in [-0.2, -0.15) is 0 Å². The molecule has 1 saturated carbocycles. The largest absolute Gasteiger partial charge is 0.489 e. The maximum absolute atomic E-state index is 12.1. The van der Waals surface area contributed by atoms with Crippen LogP contribution in [0.2, 0.25) is 0 Å². The van der Waals surface area contributed by atoms with Crippen LogP contribution in [-0.2, 0) is 4.79 Å². The van der Waals surface area contributed by atoms with Crippen LogP contribution in [0.4, 0.5) is 5.69 Å². The summed E-state index contributed by atoms with van der Waals surface area (Å²) in [4.78, 5) is 12.1. The third-order valence-electron chi connectivity index (χ3n) is 3.81. The molecular formula is C18H24N2O2S. The Kier molecular flexibility index (Phi) is 6.59. The van der Waals surface area contributed by atoms with E-state index in [-0.39, 0.29) is 11.8 Å². The Morgan fingerprint density at radius 1 is 1.26 bits per heavy atom. The average Bonchev–Trinajstić information content (AvgIpc) is 2.55. The van der Waals surface area contributed by atoms with Crippen LogP contribution in [0.3, 0.4) is 0 Å². The molecule has 1 aromatic rings. The van der Waals surface area contributed by atoms with E-state index in [1.165, 1.54) is 6.42 Å². The number of rotatable bonds is 5. The lowest BCUT2D eigenvalue weighted by Crippen LogP contribution is -2.38. The van der Waals surface area contributed by atoms with E-state index in [1.54, 1.807) is 0 Å². The molecule has 0 heterocycles. The second-order valence-electron chi connectivity index (χ2n) is 6.05.